The molecule has 1 rings (SSSR count). The molecule has 2 N–H and O–H groups in total. The standard InChI is InChI=1S/C16H24N2O3/c1-4-9-18(16(19)10-15(11-17)21-3)12-13-5-7-14(20-2)8-6-13/h4-8,15H,1,9-12,17H2,2-3H3. The first-order valence-corrected chi connectivity index (χ1v) is 6.89. The number of nitrogens with two attached hydrogens (primary N) is 1. The fourth-order valence-electron chi connectivity index (χ4n) is 1.95. The van der Waals surface area contributed by atoms with E-state index in [9.17, 15) is 4.79 Å². The summed E-state index contributed by atoms with van der Waals surface area (Å²) in [7, 11) is 3.19. The predicted molar refractivity (Wildman–Crippen MR) is 83.1 cm³/mol. The summed E-state index contributed by atoms with van der Waals surface area (Å²) in [5.74, 6) is 0.797. The first-order valence-electron chi connectivity index (χ1n) is 6.89. The molecular weight excluding hydrogens is 268 g/mol. The van der Waals surface area contributed by atoms with E-state index in [2.05, 4.69) is 6.58 Å². The SMILES string of the molecule is C=CCN(Cc1ccc(OC)cc1)C(=O)CC(CN)OC. The van der Waals surface area contributed by atoms with Crippen molar-refractivity contribution in [1.82, 2.24) is 4.90 Å². The first kappa shape index (κ1) is 17.2. The molecule has 0 aromatic heterocycles. The van der Waals surface area contributed by atoms with Crippen molar-refractivity contribution in [3.05, 3.63) is 42.5 Å². The molecule has 1 unspecified atom stereocenters. The van der Waals surface area contributed by atoms with Gasteiger partial charge in [-0.15, -0.1) is 6.58 Å². The van der Waals surface area contributed by atoms with Crippen LogP contribution in [-0.4, -0.2) is 44.2 Å². The minimum Gasteiger partial charge on any atom is -0.497 e. The quantitative estimate of drug-likeness (QED) is 0.702. The highest BCUT2D eigenvalue weighted by Gasteiger charge is 2.17. The van der Waals surface area contributed by atoms with Crippen molar-refractivity contribution in [3.8, 4) is 5.75 Å². The Labute approximate surface area is 126 Å². The zero-order valence-electron chi connectivity index (χ0n) is 12.7. The van der Waals surface area contributed by atoms with E-state index in [0.29, 0.717) is 19.6 Å². The third-order valence-corrected chi connectivity index (χ3v) is 3.23. The van der Waals surface area contributed by atoms with Gasteiger partial charge in [0.15, 0.2) is 0 Å². The van der Waals surface area contributed by atoms with Gasteiger partial charge in [0.25, 0.3) is 0 Å². The minimum absolute atomic E-state index is 0.00279. The van der Waals surface area contributed by atoms with Crippen LogP contribution in [0.15, 0.2) is 36.9 Å². The van der Waals surface area contributed by atoms with Crippen LogP contribution in [0, 0.1) is 0 Å². The van der Waals surface area contributed by atoms with Gasteiger partial charge in [-0.2, -0.15) is 0 Å². The van der Waals surface area contributed by atoms with Crippen molar-refractivity contribution in [1.29, 1.82) is 0 Å². The van der Waals surface area contributed by atoms with E-state index in [0.717, 1.165) is 11.3 Å². The average molecular weight is 292 g/mol. The number of rotatable bonds is 9. The lowest BCUT2D eigenvalue weighted by Crippen LogP contribution is -2.35. The maximum absolute atomic E-state index is 12.3. The Morgan fingerprint density at radius 1 is 1.38 bits per heavy atom. The molecular formula is C16H24N2O3. The molecule has 0 fully saturated rings. The number of benzene rings is 1. The summed E-state index contributed by atoms with van der Waals surface area (Å²) in [4.78, 5) is 14.0. The number of amides is 1. The van der Waals surface area contributed by atoms with Gasteiger partial charge in [0, 0.05) is 26.7 Å². The molecule has 0 aliphatic carbocycles. The molecule has 0 aliphatic rings. The summed E-state index contributed by atoms with van der Waals surface area (Å²) >= 11 is 0. The fourth-order valence-corrected chi connectivity index (χ4v) is 1.95. The topological polar surface area (TPSA) is 64.8 Å². The van der Waals surface area contributed by atoms with Crippen molar-refractivity contribution in [2.75, 3.05) is 27.3 Å². The molecule has 21 heavy (non-hydrogen) atoms. The zero-order valence-corrected chi connectivity index (χ0v) is 12.7. The number of ether oxygens (including phenoxy) is 2. The van der Waals surface area contributed by atoms with Crippen molar-refractivity contribution >= 4 is 5.91 Å². The molecule has 0 saturated heterocycles. The maximum atomic E-state index is 12.3. The molecule has 5 nitrogen and oxygen atoms in total. The molecule has 0 bridgehead atoms. The summed E-state index contributed by atoms with van der Waals surface area (Å²) in [5.41, 5.74) is 6.60. The maximum Gasteiger partial charge on any atom is 0.225 e. The predicted octanol–water partition coefficient (Wildman–Crippen LogP) is 1.57. The minimum atomic E-state index is -0.249. The van der Waals surface area contributed by atoms with Gasteiger partial charge in [0.05, 0.1) is 19.6 Å². The van der Waals surface area contributed by atoms with Crippen molar-refractivity contribution in [3.63, 3.8) is 0 Å². The summed E-state index contributed by atoms with van der Waals surface area (Å²) in [6.07, 6.45) is 1.74. The Balaban J connectivity index is 2.71. The van der Waals surface area contributed by atoms with Gasteiger partial charge in [-0.05, 0) is 17.7 Å². The Morgan fingerprint density at radius 2 is 2.05 bits per heavy atom. The fraction of sp³-hybridized carbons (Fsp3) is 0.438. The van der Waals surface area contributed by atoms with Gasteiger partial charge >= 0.3 is 0 Å². The lowest BCUT2D eigenvalue weighted by atomic mass is 10.1. The molecule has 1 aromatic carbocycles. The van der Waals surface area contributed by atoms with Crippen LogP contribution in [0.25, 0.3) is 0 Å². The summed E-state index contributed by atoms with van der Waals surface area (Å²) in [6.45, 7) is 5.04. The molecule has 116 valence electrons. The van der Waals surface area contributed by atoms with Crippen LogP contribution in [-0.2, 0) is 16.1 Å². The van der Waals surface area contributed by atoms with Gasteiger partial charge in [0.1, 0.15) is 5.75 Å². The second-order valence-electron chi connectivity index (χ2n) is 4.71. The Morgan fingerprint density at radius 3 is 2.52 bits per heavy atom. The Hall–Kier alpha value is -1.85. The van der Waals surface area contributed by atoms with Crippen LogP contribution < -0.4 is 10.5 Å². The van der Waals surface area contributed by atoms with Crippen molar-refractivity contribution in [2.45, 2.75) is 19.1 Å². The van der Waals surface area contributed by atoms with Crippen LogP contribution in [0.4, 0.5) is 0 Å². The van der Waals surface area contributed by atoms with Crippen LogP contribution in [0.1, 0.15) is 12.0 Å². The largest absolute Gasteiger partial charge is 0.497 e. The molecule has 0 heterocycles. The summed E-state index contributed by atoms with van der Waals surface area (Å²) in [5, 5.41) is 0. The molecule has 5 heteroatoms. The highest BCUT2D eigenvalue weighted by Crippen LogP contribution is 2.14. The number of hydrogen-bond donors (Lipinski definition) is 1. The zero-order chi connectivity index (χ0) is 15.7. The van der Waals surface area contributed by atoms with E-state index >= 15 is 0 Å². The number of carbonyl (C=O) groups excluding carboxylic acids is 1. The highest BCUT2D eigenvalue weighted by molar-refractivity contribution is 5.77. The van der Waals surface area contributed by atoms with Crippen molar-refractivity contribution < 1.29 is 14.3 Å². The number of methoxy groups -OCH3 is 2. The third kappa shape index (κ3) is 5.57. The van der Waals surface area contributed by atoms with Crippen LogP contribution >= 0.6 is 0 Å². The van der Waals surface area contributed by atoms with E-state index in [-0.39, 0.29) is 18.4 Å². The van der Waals surface area contributed by atoms with Crippen LogP contribution in [0.3, 0.4) is 0 Å². The van der Waals surface area contributed by atoms with Crippen LogP contribution in [0.2, 0.25) is 0 Å². The van der Waals surface area contributed by atoms with E-state index in [4.69, 9.17) is 15.2 Å². The number of nitrogens with zero attached hydrogens (tertiary/aromatic N) is 1. The van der Waals surface area contributed by atoms with Crippen molar-refractivity contribution in [2.24, 2.45) is 5.73 Å². The summed E-state index contributed by atoms with van der Waals surface area (Å²) in [6, 6.07) is 7.64. The Bertz CT molecular complexity index is 441. The summed E-state index contributed by atoms with van der Waals surface area (Å²) < 4.78 is 10.3. The molecule has 0 saturated carbocycles. The van der Waals surface area contributed by atoms with E-state index in [1.165, 1.54) is 0 Å². The van der Waals surface area contributed by atoms with Gasteiger partial charge in [-0.25, -0.2) is 0 Å². The van der Waals surface area contributed by atoms with Gasteiger partial charge in [0.2, 0.25) is 5.91 Å². The third-order valence-electron chi connectivity index (χ3n) is 3.23. The number of carbonyl (C=O) groups is 1. The first-order chi connectivity index (χ1) is 10.1. The molecule has 0 aliphatic heterocycles. The highest BCUT2D eigenvalue weighted by atomic mass is 16.5. The normalized spacial score (nSPS) is 11.8. The van der Waals surface area contributed by atoms with Gasteiger partial charge in [-0.3, -0.25) is 4.79 Å². The molecule has 0 spiro atoms. The smallest absolute Gasteiger partial charge is 0.225 e. The van der Waals surface area contributed by atoms with E-state index < -0.39 is 0 Å². The van der Waals surface area contributed by atoms with Crippen LogP contribution in [0.5, 0.6) is 5.75 Å². The lowest BCUT2D eigenvalue weighted by Gasteiger charge is -2.23. The lowest BCUT2D eigenvalue weighted by molar-refractivity contribution is -0.133. The molecule has 1 atom stereocenters. The van der Waals surface area contributed by atoms with Gasteiger partial charge in [-0.1, -0.05) is 18.2 Å². The van der Waals surface area contributed by atoms with Gasteiger partial charge < -0.3 is 20.1 Å². The monoisotopic (exact) mass is 292 g/mol. The number of hydrogen-bond acceptors (Lipinski definition) is 4. The second kappa shape index (κ2) is 9.15. The molecule has 1 aromatic rings. The Kier molecular flexibility index (Phi) is 7.50. The molecule has 1 amide bonds. The molecule has 0 radical (unpaired) electrons. The second-order valence-corrected chi connectivity index (χ2v) is 4.71. The van der Waals surface area contributed by atoms with E-state index in [1.54, 1.807) is 25.2 Å². The average Bonchev–Trinajstić information content (AvgIpc) is 2.52. The van der Waals surface area contributed by atoms with E-state index in [1.807, 2.05) is 24.3 Å².